The van der Waals surface area contributed by atoms with Crippen LogP contribution in [-0.2, 0) is 6.54 Å². The molecule has 0 aliphatic heterocycles. The van der Waals surface area contributed by atoms with E-state index in [2.05, 4.69) is 64.1 Å². The molecule has 1 aromatic heterocycles. The molecule has 0 saturated heterocycles. The molecule has 2 rings (SSSR count). The first kappa shape index (κ1) is 10.7. The maximum absolute atomic E-state index is 3.75. The van der Waals surface area contributed by atoms with Crippen molar-refractivity contribution < 1.29 is 0 Å². The van der Waals surface area contributed by atoms with Crippen molar-refractivity contribution in [1.82, 2.24) is 4.57 Å². The summed E-state index contributed by atoms with van der Waals surface area (Å²) in [6, 6.07) is 10.8. The number of unbranched alkanes of at least 4 members (excludes halogenated alkanes) is 1. The van der Waals surface area contributed by atoms with Crippen molar-refractivity contribution in [2.75, 3.05) is 0 Å². The summed E-state index contributed by atoms with van der Waals surface area (Å²) < 4.78 is 3.69. The molecule has 0 amide bonds. The van der Waals surface area contributed by atoms with Crippen molar-refractivity contribution in [2.45, 2.75) is 19.4 Å². The van der Waals surface area contributed by atoms with Crippen LogP contribution in [0.1, 0.15) is 12.8 Å². The lowest BCUT2D eigenvalue weighted by molar-refractivity contribution is 0.660. The first-order valence-electron chi connectivity index (χ1n) is 5.17. The fourth-order valence-corrected chi connectivity index (χ4v) is 2.63. The van der Waals surface area contributed by atoms with Crippen molar-refractivity contribution in [1.29, 1.82) is 0 Å². The molecule has 0 spiro atoms. The van der Waals surface area contributed by atoms with Gasteiger partial charge in [0, 0.05) is 17.4 Å². The molecule has 0 atom stereocenters. The van der Waals surface area contributed by atoms with E-state index in [9.17, 15) is 0 Å². The maximum Gasteiger partial charge on any atom is 0.0809 e. The van der Waals surface area contributed by atoms with Crippen LogP contribution in [0.25, 0.3) is 10.9 Å². The van der Waals surface area contributed by atoms with Gasteiger partial charge >= 0.3 is 0 Å². The number of allylic oxidation sites excluding steroid dienone is 1. The van der Waals surface area contributed by atoms with E-state index in [1.807, 2.05) is 6.08 Å². The Bertz CT molecular complexity index is 470. The van der Waals surface area contributed by atoms with Crippen molar-refractivity contribution in [3.8, 4) is 0 Å². The van der Waals surface area contributed by atoms with Gasteiger partial charge in [-0.3, -0.25) is 0 Å². The second-order valence-electron chi connectivity index (χ2n) is 3.61. The number of fused-ring (bicyclic) bond motifs is 1. The molecule has 1 aromatic carbocycles. The summed E-state index contributed by atoms with van der Waals surface area (Å²) in [5.74, 6) is 0. The summed E-state index contributed by atoms with van der Waals surface area (Å²) >= 11 is 2.40. The first-order valence-corrected chi connectivity index (χ1v) is 6.25. The average molecular weight is 311 g/mol. The molecule has 1 nitrogen and oxygen atoms in total. The van der Waals surface area contributed by atoms with Crippen LogP contribution in [0.2, 0.25) is 0 Å². The number of para-hydroxylation sites is 1. The summed E-state index contributed by atoms with van der Waals surface area (Å²) in [6.07, 6.45) is 4.24. The summed E-state index contributed by atoms with van der Waals surface area (Å²) in [4.78, 5) is 0. The maximum atomic E-state index is 3.75. The molecule has 0 saturated carbocycles. The fraction of sp³-hybridized carbons (Fsp3) is 0.231. The van der Waals surface area contributed by atoms with E-state index >= 15 is 0 Å². The predicted molar refractivity (Wildman–Crippen MR) is 74.1 cm³/mol. The molecule has 0 fully saturated rings. The van der Waals surface area contributed by atoms with Gasteiger partial charge in [-0.25, -0.2) is 0 Å². The van der Waals surface area contributed by atoms with Crippen LogP contribution in [0.3, 0.4) is 0 Å². The highest BCUT2D eigenvalue weighted by Crippen LogP contribution is 2.21. The lowest BCUT2D eigenvalue weighted by atomic mass is 10.2. The van der Waals surface area contributed by atoms with E-state index in [1.165, 1.54) is 14.6 Å². The summed E-state index contributed by atoms with van der Waals surface area (Å²) in [5.41, 5.74) is 1.34. The second-order valence-corrected chi connectivity index (χ2v) is 4.71. The third-order valence-corrected chi connectivity index (χ3v) is 3.44. The number of nitrogens with zero attached hydrogens (tertiary/aromatic N) is 1. The smallest absolute Gasteiger partial charge is 0.0809 e. The third kappa shape index (κ3) is 2.25. The number of hydrogen-bond donors (Lipinski definition) is 0. The van der Waals surface area contributed by atoms with Crippen LogP contribution < -0.4 is 0 Å². The summed E-state index contributed by atoms with van der Waals surface area (Å²) in [7, 11) is 0. The number of benzene rings is 1. The summed E-state index contributed by atoms with van der Waals surface area (Å²) in [5, 5.41) is 1.33. The third-order valence-electron chi connectivity index (χ3n) is 2.55. The van der Waals surface area contributed by atoms with Crippen molar-refractivity contribution in [2.24, 2.45) is 0 Å². The Labute approximate surface area is 104 Å². The SMILES string of the molecule is C=CCCCn1c(I)cc2ccccc21. The average Bonchev–Trinajstić information content (AvgIpc) is 2.56. The standard InChI is InChI=1S/C13H14IN/c1-2-3-6-9-15-12-8-5-4-7-11(12)10-13(15)14/h2,4-5,7-8,10H,1,3,6,9H2. The normalized spacial score (nSPS) is 10.7. The molecule has 0 aliphatic carbocycles. The van der Waals surface area contributed by atoms with E-state index in [-0.39, 0.29) is 0 Å². The minimum Gasteiger partial charge on any atom is -0.336 e. The van der Waals surface area contributed by atoms with Crippen molar-refractivity contribution >= 4 is 33.5 Å². The lowest BCUT2D eigenvalue weighted by Gasteiger charge is -2.05. The highest BCUT2D eigenvalue weighted by molar-refractivity contribution is 14.1. The molecule has 15 heavy (non-hydrogen) atoms. The minimum absolute atomic E-state index is 1.08. The highest BCUT2D eigenvalue weighted by Gasteiger charge is 2.04. The molecular formula is C13H14IN. The first-order chi connectivity index (χ1) is 7.33. The predicted octanol–water partition coefficient (Wildman–Crippen LogP) is 4.21. The lowest BCUT2D eigenvalue weighted by Crippen LogP contribution is -1.99. The van der Waals surface area contributed by atoms with Gasteiger partial charge in [-0.1, -0.05) is 24.3 Å². The Morgan fingerprint density at radius 2 is 2.13 bits per heavy atom. The largest absolute Gasteiger partial charge is 0.336 e. The van der Waals surface area contributed by atoms with E-state index in [4.69, 9.17) is 0 Å². The fourth-order valence-electron chi connectivity index (χ4n) is 1.80. The van der Waals surface area contributed by atoms with Gasteiger partial charge in [0.1, 0.15) is 0 Å². The zero-order chi connectivity index (χ0) is 10.7. The monoisotopic (exact) mass is 311 g/mol. The molecule has 0 radical (unpaired) electrons. The number of halogens is 1. The molecule has 0 aliphatic rings. The molecule has 2 aromatic rings. The Hall–Kier alpha value is -0.770. The molecule has 78 valence electrons. The van der Waals surface area contributed by atoms with Crippen LogP contribution in [0.15, 0.2) is 43.0 Å². The van der Waals surface area contributed by atoms with Gasteiger partial charge in [0.2, 0.25) is 0 Å². The van der Waals surface area contributed by atoms with Gasteiger partial charge in [0.05, 0.1) is 3.70 Å². The highest BCUT2D eigenvalue weighted by atomic mass is 127. The number of aryl methyl sites for hydroxylation is 1. The number of hydrogen-bond acceptors (Lipinski definition) is 0. The number of aromatic nitrogens is 1. The van der Waals surface area contributed by atoms with Crippen molar-refractivity contribution in [3.63, 3.8) is 0 Å². The van der Waals surface area contributed by atoms with E-state index in [1.54, 1.807) is 0 Å². The minimum atomic E-state index is 1.08. The van der Waals surface area contributed by atoms with Gasteiger partial charge < -0.3 is 4.57 Å². The topological polar surface area (TPSA) is 4.93 Å². The molecule has 1 heterocycles. The molecular weight excluding hydrogens is 297 g/mol. The van der Waals surface area contributed by atoms with Crippen LogP contribution >= 0.6 is 22.6 Å². The zero-order valence-electron chi connectivity index (χ0n) is 8.62. The molecule has 0 bridgehead atoms. The Morgan fingerprint density at radius 3 is 2.93 bits per heavy atom. The van der Waals surface area contributed by atoms with Gasteiger partial charge in [-0.05, 0) is 47.6 Å². The van der Waals surface area contributed by atoms with Crippen LogP contribution in [0, 0.1) is 3.70 Å². The van der Waals surface area contributed by atoms with Gasteiger partial charge in [-0.15, -0.1) is 6.58 Å². The van der Waals surface area contributed by atoms with Gasteiger partial charge in [-0.2, -0.15) is 0 Å². The zero-order valence-corrected chi connectivity index (χ0v) is 10.8. The van der Waals surface area contributed by atoms with Crippen LogP contribution in [0.5, 0.6) is 0 Å². The van der Waals surface area contributed by atoms with E-state index in [0.29, 0.717) is 0 Å². The second kappa shape index (κ2) is 4.84. The number of rotatable bonds is 4. The van der Waals surface area contributed by atoms with Gasteiger partial charge in [0.15, 0.2) is 0 Å². The van der Waals surface area contributed by atoms with E-state index in [0.717, 1.165) is 19.4 Å². The van der Waals surface area contributed by atoms with Crippen molar-refractivity contribution in [3.05, 3.63) is 46.7 Å². The van der Waals surface area contributed by atoms with Crippen LogP contribution in [0.4, 0.5) is 0 Å². The Kier molecular flexibility index (Phi) is 3.46. The Morgan fingerprint density at radius 1 is 1.33 bits per heavy atom. The molecule has 0 unspecified atom stereocenters. The Balaban J connectivity index is 2.32. The van der Waals surface area contributed by atoms with Crippen LogP contribution in [-0.4, -0.2) is 4.57 Å². The molecule has 0 N–H and O–H groups in total. The van der Waals surface area contributed by atoms with E-state index < -0.39 is 0 Å². The summed E-state index contributed by atoms with van der Waals surface area (Å²) in [6.45, 7) is 4.83. The molecule has 2 heteroatoms. The van der Waals surface area contributed by atoms with Gasteiger partial charge in [0.25, 0.3) is 0 Å². The quantitative estimate of drug-likeness (QED) is 0.453.